The number of rotatable bonds is 6. The molecule has 9 heteroatoms. The smallest absolute Gasteiger partial charge is 0.223 e. The molecule has 1 fully saturated rings. The number of benzene rings is 1. The van der Waals surface area contributed by atoms with Gasteiger partial charge in [-0.3, -0.25) is 9.78 Å². The molecule has 28 heavy (non-hydrogen) atoms. The summed E-state index contributed by atoms with van der Waals surface area (Å²) in [6.07, 6.45) is 2.49. The highest BCUT2D eigenvalue weighted by Crippen LogP contribution is 2.26. The lowest BCUT2D eigenvalue weighted by atomic mass is 9.97. The van der Waals surface area contributed by atoms with Crippen molar-refractivity contribution in [3.05, 3.63) is 64.7 Å². The third-order valence-electron chi connectivity index (χ3n) is 4.78. The fourth-order valence-electron chi connectivity index (χ4n) is 3.16. The average Bonchev–Trinajstić information content (AvgIpc) is 2.70. The summed E-state index contributed by atoms with van der Waals surface area (Å²) in [7, 11) is -3.72. The number of hydrogen-bond acceptors (Lipinski definition) is 4. The molecule has 1 aliphatic rings. The lowest BCUT2D eigenvalue weighted by Gasteiger charge is -2.30. The van der Waals surface area contributed by atoms with Crippen molar-refractivity contribution in [2.75, 3.05) is 13.1 Å². The Balaban J connectivity index is 1.54. The molecule has 1 aromatic carbocycles. The standard InChI is InChI=1S/C19H21ClFN3O3S/c20-17-5-3-6-18(21)16(17)13-28(26,27)24-10-7-14(8-11-24)19(25)23-12-15-4-1-2-9-22-15/h1-6,9,14H,7-8,10-13H2,(H,23,25). The second-order valence-corrected chi connectivity index (χ2v) is 9.04. The summed E-state index contributed by atoms with van der Waals surface area (Å²) in [6, 6.07) is 9.56. The van der Waals surface area contributed by atoms with E-state index in [1.165, 1.54) is 22.5 Å². The molecule has 0 aliphatic carbocycles. The van der Waals surface area contributed by atoms with Gasteiger partial charge in [0, 0.05) is 35.8 Å². The van der Waals surface area contributed by atoms with E-state index in [2.05, 4.69) is 10.3 Å². The largest absolute Gasteiger partial charge is 0.350 e. The van der Waals surface area contributed by atoms with Crippen LogP contribution in [0.3, 0.4) is 0 Å². The molecule has 1 N–H and O–H groups in total. The molecular weight excluding hydrogens is 405 g/mol. The highest BCUT2D eigenvalue weighted by Gasteiger charge is 2.32. The monoisotopic (exact) mass is 425 g/mol. The van der Waals surface area contributed by atoms with E-state index in [-0.39, 0.29) is 35.5 Å². The van der Waals surface area contributed by atoms with Crippen LogP contribution in [0.5, 0.6) is 0 Å². The van der Waals surface area contributed by atoms with Crippen molar-refractivity contribution >= 4 is 27.5 Å². The van der Waals surface area contributed by atoms with Crippen molar-refractivity contribution in [2.24, 2.45) is 5.92 Å². The van der Waals surface area contributed by atoms with Gasteiger partial charge in [-0.15, -0.1) is 0 Å². The summed E-state index contributed by atoms with van der Waals surface area (Å²) in [4.78, 5) is 16.5. The van der Waals surface area contributed by atoms with Crippen molar-refractivity contribution in [2.45, 2.75) is 25.1 Å². The summed E-state index contributed by atoms with van der Waals surface area (Å²) in [6.45, 7) is 0.774. The Morgan fingerprint density at radius 1 is 1.21 bits per heavy atom. The Kier molecular flexibility index (Phi) is 6.64. The van der Waals surface area contributed by atoms with Crippen LogP contribution >= 0.6 is 11.6 Å². The maximum Gasteiger partial charge on any atom is 0.223 e. The van der Waals surface area contributed by atoms with E-state index in [1.807, 2.05) is 12.1 Å². The molecule has 1 aliphatic heterocycles. The molecule has 0 radical (unpaired) electrons. The molecule has 0 spiro atoms. The van der Waals surface area contributed by atoms with Gasteiger partial charge in [0.25, 0.3) is 0 Å². The topological polar surface area (TPSA) is 79.4 Å². The minimum Gasteiger partial charge on any atom is -0.350 e. The Morgan fingerprint density at radius 2 is 1.96 bits per heavy atom. The lowest BCUT2D eigenvalue weighted by Crippen LogP contribution is -2.43. The Labute approximate surface area is 168 Å². The predicted molar refractivity (Wildman–Crippen MR) is 104 cm³/mol. The fourth-order valence-corrected chi connectivity index (χ4v) is 5.08. The first kappa shape index (κ1) is 20.7. The van der Waals surface area contributed by atoms with E-state index < -0.39 is 21.6 Å². The SMILES string of the molecule is O=C(NCc1ccccn1)C1CCN(S(=O)(=O)Cc2c(F)cccc2Cl)CC1. The first-order valence-electron chi connectivity index (χ1n) is 8.95. The normalized spacial score (nSPS) is 16.1. The van der Waals surface area contributed by atoms with Crippen molar-refractivity contribution in [3.63, 3.8) is 0 Å². The van der Waals surface area contributed by atoms with Gasteiger partial charge in [0.15, 0.2) is 0 Å². The van der Waals surface area contributed by atoms with E-state index in [9.17, 15) is 17.6 Å². The van der Waals surface area contributed by atoms with Crippen LogP contribution in [0.25, 0.3) is 0 Å². The van der Waals surface area contributed by atoms with Gasteiger partial charge in [-0.2, -0.15) is 0 Å². The molecule has 0 saturated carbocycles. The van der Waals surface area contributed by atoms with Crippen molar-refractivity contribution in [1.29, 1.82) is 0 Å². The molecule has 0 unspecified atom stereocenters. The second kappa shape index (κ2) is 8.98. The molecule has 3 rings (SSSR count). The summed E-state index contributed by atoms with van der Waals surface area (Å²) < 4.78 is 40.5. The molecule has 0 bridgehead atoms. The highest BCUT2D eigenvalue weighted by molar-refractivity contribution is 7.88. The van der Waals surface area contributed by atoms with Crippen LogP contribution in [-0.4, -0.2) is 36.7 Å². The van der Waals surface area contributed by atoms with Crippen molar-refractivity contribution < 1.29 is 17.6 Å². The molecular formula is C19H21ClFN3O3S. The number of piperidine rings is 1. The van der Waals surface area contributed by atoms with Crippen LogP contribution < -0.4 is 5.32 Å². The zero-order chi connectivity index (χ0) is 20.1. The number of halogens is 2. The number of nitrogens with zero attached hydrogens (tertiary/aromatic N) is 2. The average molecular weight is 426 g/mol. The zero-order valence-corrected chi connectivity index (χ0v) is 16.7. The molecule has 2 aromatic rings. The third kappa shape index (κ3) is 5.06. The quantitative estimate of drug-likeness (QED) is 0.771. The van der Waals surface area contributed by atoms with Crippen LogP contribution in [-0.2, 0) is 27.1 Å². The Morgan fingerprint density at radius 3 is 2.61 bits per heavy atom. The second-order valence-electron chi connectivity index (χ2n) is 6.67. The summed E-state index contributed by atoms with van der Waals surface area (Å²) in [5, 5.41) is 2.93. The van der Waals surface area contributed by atoms with E-state index in [0.717, 1.165) is 5.69 Å². The molecule has 2 heterocycles. The minimum atomic E-state index is -3.72. The van der Waals surface area contributed by atoms with Gasteiger partial charge in [0.1, 0.15) is 5.82 Å². The van der Waals surface area contributed by atoms with Crippen molar-refractivity contribution in [3.8, 4) is 0 Å². The van der Waals surface area contributed by atoms with Gasteiger partial charge in [-0.25, -0.2) is 17.1 Å². The van der Waals surface area contributed by atoms with Gasteiger partial charge < -0.3 is 5.32 Å². The van der Waals surface area contributed by atoms with Gasteiger partial charge >= 0.3 is 0 Å². The van der Waals surface area contributed by atoms with E-state index in [1.54, 1.807) is 12.3 Å². The summed E-state index contributed by atoms with van der Waals surface area (Å²) >= 11 is 5.94. The highest BCUT2D eigenvalue weighted by atomic mass is 35.5. The van der Waals surface area contributed by atoms with Gasteiger partial charge in [0.2, 0.25) is 15.9 Å². The first-order valence-corrected chi connectivity index (χ1v) is 10.9. The molecule has 0 atom stereocenters. The number of sulfonamides is 1. The Bertz CT molecular complexity index is 912. The van der Waals surface area contributed by atoms with E-state index in [4.69, 9.17) is 11.6 Å². The molecule has 1 aromatic heterocycles. The number of carbonyl (C=O) groups excluding carboxylic acids is 1. The Hall–Kier alpha value is -2.03. The molecule has 1 amide bonds. The van der Waals surface area contributed by atoms with Crippen LogP contribution in [0.4, 0.5) is 4.39 Å². The van der Waals surface area contributed by atoms with Gasteiger partial charge in [-0.05, 0) is 37.1 Å². The maximum atomic E-state index is 13.9. The zero-order valence-electron chi connectivity index (χ0n) is 15.1. The predicted octanol–water partition coefficient (Wildman–Crippen LogP) is 2.73. The molecule has 6 nitrogen and oxygen atoms in total. The fraction of sp³-hybridized carbons (Fsp3) is 0.368. The van der Waals surface area contributed by atoms with Gasteiger partial charge in [0.05, 0.1) is 18.0 Å². The number of pyridine rings is 1. The van der Waals surface area contributed by atoms with E-state index >= 15 is 0 Å². The third-order valence-corrected chi connectivity index (χ3v) is 6.94. The number of amides is 1. The number of hydrogen-bond donors (Lipinski definition) is 1. The van der Waals surface area contributed by atoms with Crippen LogP contribution in [0.2, 0.25) is 5.02 Å². The van der Waals surface area contributed by atoms with Crippen LogP contribution in [0.1, 0.15) is 24.1 Å². The maximum absolute atomic E-state index is 13.9. The minimum absolute atomic E-state index is 0.0283. The number of aromatic nitrogens is 1. The van der Waals surface area contributed by atoms with Crippen LogP contribution in [0, 0.1) is 11.7 Å². The summed E-state index contributed by atoms with van der Waals surface area (Å²) in [5.74, 6) is -1.50. The first-order chi connectivity index (χ1) is 13.4. The van der Waals surface area contributed by atoms with Crippen molar-refractivity contribution in [1.82, 2.24) is 14.6 Å². The van der Waals surface area contributed by atoms with E-state index in [0.29, 0.717) is 19.4 Å². The lowest BCUT2D eigenvalue weighted by molar-refractivity contribution is -0.126. The molecule has 1 saturated heterocycles. The van der Waals surface area contributed by atoms with Crippen LogP contribution in [0.15, 0.2) is 42.6 Å². The molecule has 150 valence electrons. The van der Waals surface area contributed by atoms with Gasteiger partial charge in [-0.1, -0.05) is 23.7 Å². The number of nitrogens with one attached hydrogen (secondary N) is 1. The summed E-state index contributed by atoms with van der Waals surface area (Å²) in [5.41, 5.74) is 0.733. The number of carbonyl (C=O) groups is 1.